The van der Waals surface area contributed by atoms with Gasteiger partial charge in [0, 0.05) is 0 Å². The van der Waals surface area contributed by atoms with Crippen molar-refractivity contribution in [2.24, 2.45) is 5.92 Å². The molecule has 0 saturated heterocycles. The van der Waals surface area contributed by atoms with Crippen LogP contribution in [-0.4, -0.2) is 5.11 Å². The SMILES string of the molecule is C=C(O)/C=C\C(=C)/C(C)=C/CC(C)CC.CCC. The number of aliphatic hydroxyl groups is 1. The highest BCUT2D eigenvalue weighted by molar-refractivity contribution is 5.37. The summed E-state index contributed by atoms with van der Waals surface area (Å²) in [5.74, 6) is 0.774. The molecule has 0 aliphatic heterocycles. The summed E-state index contributed by atoms with van der Waals surface area (Å²) in [7, 11) is 0. The summed E-state index contributed by atoms with van der Waals surface area (Å²) in [5, 5.41) is 8.90. The Morgan fingerprint density at radius 1 is 1.17 bits per heavy atom. The fourth-order valence-corrected chi connectivity index (χ4v) is 1.00. The van der Waals surface area contributed by atoms with E-state index in [0.29, 0.717) is 5.92 Å². The summed E-state index contributed by atoms with van der Waals surface area (Å²) < 4.78 is 0. The fourth-order valence-electron chi connectivity index (χ4n) is 1.00. The molecule has 18 heavy (non-hydrogen) atoms. The van der Waals surface area contributed by atoms with Crippen LogP contribution < -0.4 is 0 Å². The van der Waals surface area contributed by atoms with E-state index in [1.54, 1.807) is 12.2 Å². The molecule has 0 fully saturated rings. The molecule has 0 aliphatic carbocycles. The van der Waals surface area contributed by atoms with Gasteiger partial charge in [-0.2, -0.15) is 0 Å². The van der Waals surface area contributed by atoms with Crippen molar-refractivity contribution in [3.8, 4) is 0 Å². The molecule has 0 aliphatic rings. The molecule has 0 spiro atoms. The zero-order valence-electron chi connectivity index (χ0n) is 12.8. The molecule has 1 unspecified atom stereocenters. The highest BCUT2D eigenvalue weighted by Gasteiger charge is 1.97. The van der Waals surface area contributed by atoms with Gasteiger partial charge in [-0.3, -0.25) is 0 Å². The van der Waals surface area contributed by atoms with Gasteiger partial charge >= 0.3 is 0 Å². The third-order valence-corrected chi connectivity index (χ3v) is 2.51. The van der Waals surface area contributed by atoms with E-state index in [2.05, 4.69) is 46.9 Å². The summed E-state index contributed by atoms with van der Waals surface area (Å²) in [6.45, 7) is 18.0. The van der Waals surface area contributed by atoms with Crippen LogP contribution >= 0.6 is 0 Å². The van der Waals surface area contributed by atoms with Gasteiger partial charge in [0.15, 0.2) is 0 Å². The predicted octanol–water partition coefficient (Wildman–Crippen LogP) is 5.97. The second kappa shape index (κ2) is 12.2. The molecule has 0 rings (SSSR count). The summed E-state index contributed by atoms with van der Waals surface area (Å²) >= 11 is 0. The first kappa shape index (κ1) is 19.1. The number of aliphatic hydroxyl groups excluding tert-OH is 1. The first-order valence-corrected chi connectivity index (χ1v) is 6.80. The minimum Gasteiger partial charge on any atom is -0.509 e. The Morgan fingerprint density at radius 3 is 2.06 bits per heavy atom. The number of rotatable bonds is 6. The van der Waals surface area contributed by atoms with E-state index < -0.39 is 0 Å². The molecule has 0 amide bonds. The normalized spacial score (nSPS) is 12.8. The molecule has 0 radical (unpaired) electrons. The van der Waals surface area contributed by atoms with E-state index >= 15 is 0 Å². The number of allylic oxidation sites excluding steroid dienone is 5. The summed E-state index contributed by atoms with van der Waals surface area (Å²) in [5.41, 5.74) is 2.08. The average molecular weight is 250 g/mol. The van der Waals surface area contributed by atoms with Crippen molar-refractivity contribution in [3.63, 3.8) is 0 Å². The zero-order valence-corrected chi connectivity index (χ0v) is 12.8. The Labute approximate surface area is 114 Å². The van der Waals surface area contributed by atoms with Crippen molar-refractivity contribution in [2.75, 3.05) is 0 Å². The van der Waals surface area contributed by atoms with Crippen LogP contribution in [0, 0.1) is 5.92 Å². The van der Waals surface area contributed by atoms with Crippen LogP contribution in [0.3, 0.4) is 0 Å². The summed E-state index contributed by atoms with van der Waals surface area (Å²) in [6.07, 6.45) is 9.06. The third kappa shape index (κ3) is 12.8. The van der Waals surface area contributed by atoms with Gasteiger partial charge in [-0.1, -0.05) is 65.8 Å². The molecule has 0 aromatic carbocycles. The van der Waals surface area contributed by atoms with E-state index in [4.69, 9.17) is 5.11 Å². The Morgan fingerprint density at radius 2 is 1.67 bits per heavy atom. The van der Waals surface area contributed by atoms with Crippen LogP contribution in [0.15, 0.2) is 48.3 Å². The Bertz CT molecular complexity index is 295. The lowest BCUT2D eigenvalue weighted by molar-refractivity contribution is 0.435. The molecule has 104 valence electrons. The van der Waals surface area contributed by atoms with Crippen LogP contribution in [0.2, 0.25) is 0 Å². The molecule has 0 heterocycles. The molecule has 0 aromatic heterocycles. The Hall–Kier alpha value is -1.24. The Balaban J connectivity index is 0. The molecular formula is C17H30O. The molecule has 1 atom stereocenters. The fraction of sp³-hybridized carbons (Fsp3) is 0.529. The lowest BCUT2D eigenvalue weighted by atomic mass is 10.0. The van der Waals surface area contributed by atoms with Crippen molar-refractivity contribution in [1.29, 1.82) is 0 Å². The maximum Gasteiger partial charge on any atom is 0.108 e. The van der Waals surface area contributed by atoms with E-state index in [-0.39, 0.29) is 5.76 Å². The van der Waals surface area contributed by atoms with E-state index in [9.17, 15) is 0 Å². The molecular weight excluding hydrogens is 220 g/mol. The minimum absolute atomic E-state index is 0.0610. The largest absolute Gasteiger partial charge is 0.509 e. The van der Waals surface area contributed by atoms with Gasteiger partial charge in [0.2, 0.25) is 0 Å². The monoisotopic (exact) mass is 250 g/mol. The highest BCUT2D eigenvalue weighted by Crippen LogP contribution is 2.14. The van der Waals surface area contributed by atoms with Crippen molar-refractivity contribution >= 4 is 0 Å². The van der Waals surface area contributed by atoms with Crippen molar-refractivity contribution in [3.05, 3.63) is 48.3 Å². The maximum atomic E-state index is 8.90. The zero-order chi connectivity index (χ0) is 14.6. The molecule has 1 heteroatoms. The lowest BCUT2D eigenvalue weighted by Crippen LogP contribution is -1.90. The average Bonchev–Trinajstić information content (AvgIpc) is 2.33. The predicted molar refractivity (Wildman–Crippen MR) is 83.8 cm³/mol. The van der Waals surface area contributed by atoms with Gasteiger partial charge in [0.1, 0.15) is 5.76 Å². The van der Waals surface area contributed by atoms with E-state index in [1.165, 1.54) is 12.8 Å². The van der Waals surface area contributed by atoms with Crippen LogP contribution in [0.1, 0.15) is 53.9 Å². The van der Waals surface area contributed by atoms with E-state index in [0.717, 1.165) is 17.6 Å². The lowest BCUT2D eigenvalue weighted by Gasteiger charge is -2.05. The van der Waals surface area contributed by atoms with Crippen LogP contribution in [0.25, 0.3) is 0 Å². The molecule has 0 bridgehead atoms. The molecule has 1 N–H and O–H groups in total. The van der Waals surface area contributed by atoms with Crippen molar-refractivity contribution in [1.82, 2.24) is 0 Å². The van der Waals surface area contributed by atoms with Gasteiger partial charge in [0.05, 0.1) is 0 Å². The summed E-state index contributed by atoms with van der Waals surface area (Å²) in [4.78, 5) is 0. The van der Waals surface area contributed by atoms with Crippen molar-refractivity contribution in [2.45, 2.75) is 53.9 Å². The van der Waals surface area contributed by atoms with Gasteiger partial charge in [-0.05, 0) is 36.5 Å². The van der Waals surface area contributed by atoms with Crippen LogP contribution in [0.5, 0.6) is 0 Å². The van der Waals surface area contributed by atoms with Crippen LogP contribution in [0.4, 0.5) is 0 Å². The quantitative estimate of drug-likeness (QED) is 0.455. The summed E-state index contributed by atoms with van der Waals surface area (Å²) in [6, 6.07) is 0. The highest BCUT2D eigenvalue weighted by atomic mass is 16.3. The molecule has 1 nitrogen and oxygen atoms in total. The Kier molecular flexibility index (Phi) is 13.0. The first-order chi connectivity index (χ1) is 8.38. The molecule has 0 aromatic rings. The minimum atomic E-state index is 0.0610. The first-order valence-electron chi connectivity index (χ1n) is 6.80. The van der Waals surface area contributed by atoms with Gasteiger partial charge in [-0.25, -0.2) is 0 Å². The second-order valence-corrected chi connectivity index (χ2v) is 4.69. The van der Waals surface area contributed by atoms with Gasteiger partial charge in [-0.15, -0.1) is 0 Å². The van der Waals surface area contributed by atoms with E-state index in [1.807, 2.05) is 6.92 Å². The maximum absolute atomic E-state index is 8.90. The topological polar surface area (TPSA) is 20.2 Å². The van der Waals surface area contributed by atoms with Gasteiger partial charge in [0.25, 0.3) is 0 Å². The standard InChI is InChI=1S/C14H22O.C3H8/c1-6-11(2)7-8-12(3)13(4)9-10-14(5)15;1-3-2/h8-11,15H,4-7H2,1-3H3;3H2,1-2H3/b10-9-,12-8+;. The number of hydrogen-bond donors (Lipinski definition) is 1. The van der Waals surface area contributed by atoms with Gasteiger partial charge < -0.3 is 5.11 Å². The van der Waals surface area contributed by atoms with Crippen molar-refractivity contribution < 1.29 is 5.11 Å². The molecule has 0 saturated carbocycles. The number of hydrogen-bond acceptors (Lipinski definition) is 1. The van der Waals surface area contributed by atoms with Crippen LogP contribution in [-0.2, 0) is 0 Å². The smallest absolute Gasteiger partial charge is 0.108 e. The third-order valence-electron chi connectivity index (χ3n) is 2.51. The second-order valence-electron chi connectivity index (χ2n) is 4.69.